The van der Waals surface area contributed by atoms with E-state index in [1.54, 1.807) is 18.2 Å². The van der Waals surface area contributed by atoms with E-state index in [0.717, 1.165) is 19.4 Å². The lowest BCUT2D eigenvalue weighted by Gasteiger charge is -2.23. The van der Waals surface area contributed by atoms with Crippen molar-refractivity contribution in [1.29, 1.82) is 0 Å². The predicted octanol–water partition coefficient (Wildman–Crippen LogP) is 1.28. The smallest absolute Gasteiger partial charge is 0.337 e. The number of para-hydroxylation sites is 1. The summed E-state index contributed by atoms with van der Waals surface area (Å²) < 4.78 is 5.55. The maximum Gasteiger partial charge on any atom is 0.337 e. The summed E-state index contributed by atoms with van der Waals surface area (Å²) in [5, 5.41) is 15.8. The number of epoxide rings is 1. The Kier molecular flexibility index (Phi) is 2.72. The minimum Gasteiger partial charge on any atom is -0.478 e. The average molecular weight is 248 g/mol. The first kappa shape index (κ1) is 11.5. The number of rotatable bonds is 4. The molecular weight excluding hydrogens is 232 g/mol. The van der Waals surface area contributed by atoms with Crippen LogP contribution in [0.4, 0.5) is 5.69 Å². The second kappa shape index (κ2) is 4.26. The molecule has 2 heterocycles. The summed E-state index contributed by atoms with van der Waals surface area (Å²) in [7, 11) is 0. The van der Waals surface area contributed by atoms with Gasteiger partial charge in [-0.25, -0.2) is 4.79 Å². The fourth-order valence-electron chi connectivity index (χ4n) is 2.53. The van der Waals surface area contributed by atoms with E-state index in [9.17, 15) is 4.79 Å². The summed E-state index contributed by atoms with van der Waals surface area (Å²) in [5.74, 6) is -0.923. The summed E-state index contributed by atoms with van der Waals surface area (Å²) in [5.41, 5.74) is 0.490. The third-order valence-electron chi connectivity index (χ3n) is 3.58. The highest BCUT2D eigenvalue weighted by Crippen LogP contribution is 2.36. The molecule has 0 amide bonds. The molecule has 96 valence electrons. The van der Waals surface area contributed by atoms with Gasteiger partial charge in [0.05, 0.1) is 23.9 Å². The molecule has 0 bridgehead atoms. The van der Waals surface area contributed by atoms with Gasteiger partial charge in [0.15, 0.2) is 5.72 Å². The minimum absolute atomic E-state index is 0.263. The summed E-state index contributed by atoms with van der Waals surface area (Å²) in [6.45, 7) is 1.62. The molecule has 1 aromatic rings. The first-order valence-corrected chi connectivity index (χ1v) is 6.19. The van der Waals surface area contributed by atoms with Crippen LogP contribution >= 0.6 is 0 Å². The number of hydrogen-bond acceptors (Lipinski definition) is 4. The van der Waals surface area contributed by atoms with Gasteiger partial charge in [-0.05, 0) is 31.5 Å². The molecule has 3 rings (SSSR count). The van der Waals surface area contributed by atoms with Crippen LogP contribution in [0.2, 0.25) is 0 Å². The maximum atomic E-state index is 11.2. The Balaban J connectivity index is 1.82. The summed E-state index contributed by atoms with van der Waals surface area (Å²) >= 11 is 0. The molecule has 0 aromatic heterocycles. The van der Waals surface area contributed by atoms with Crippen molar-refractivity contribution in [3.05, 3.63) is 29.8 Å². The molecule has 2 aliphatic rings. The monoisotopic (exact) mass is 248 g/mol. The van der Waals surface area contributed by atoms with Gasteiger partial charge in [-0.3, -0.25) is 0 Å². The highest BCUT2D eigenvalue weighted by atomic mass is 16.6. The van der Waals surface area contributed by atoms with Gasteiger partial charge in [0.25, 0.3) is 0 Å². The van der Waals surface area contributed by atoms with Crippen LogP contribution in [0.3, 0.4) is 0 Å². The van der Waals surface area contributed by atoms with E-state index in [2.05, 4.69) is 10.6 Å². The Bertz CT molecular complexity index is 465. The van der Waals surface area contributed by atoms with Crippen LogP contribution in [0.25, 0.3) is 0 Å². The number of carbonyl (C=O) groups is 1. The second-order valence-electron chi connectivity index (χ2n) is 4.80. The van der Waals surface area contributed by atoms with Gasteiger partial charge in [-0.2, -0.15) is 0 Å². The fraction of sp³-hybridized carbons (Fsp3) is 0.462. The summed E-state index contributed by atoms with van der Waals surface area (Å²) in [4.78, 5) is 11.2. The van der Waals surface area contributed by atoms with E-state index in [1.807, 2.05) is 6.07 Å². The van der Waals surface area contributed by atoms with Gasteiger partial charge in [0.2, 0.25) is 0 Å². The molecule has 18 heavy (non-hydrogen) atoms. The zero-order chi connectivity index (χ0) is 12.6. The molecule has 2 aliphatic heterocycles. The molecular formula is C13H16N2O3. The van der Waals surface area contributed by atoms with Gasteiger partial charge >= 0.3 is 5.97 Å². The Morgan fingerprint density at radius 1 is 1.50 bits per heavy atom. The third kappa shape index (κ3) is 1.95. The molecule has 5 nitrogen and oxygen atoms in total. The minimum atomic E-state index is -0.923. The lowest BCUT2D eigenvalue weighted by atomic mass is 10.1. The van der Waals surface area contributed by atoms with Crippen LogP contribution in [0.1, 0.15) is 23.2 Å². The SMILES string of the molecule is O=C(O)c1ccccc1NC1(C2CCCN2)CO1. The van der Waals surface area contributed by atoms with Crippen LogP contribution in [-0.4, -0.2) is 36.0 Å². The predicted molar refractivity (Wildman–Crippen MR) is 66.7 cm³/mol. The largest absolute Gasteiger partial charge is 0.478 e. The van der Waals surface area contributed by atoms with Crippen molar-refractivity contribution in [2.75, 3.05) is 18.5 Å². The zero-order valence-electron chi connectivity index (χ0n) is 9.98. The van der Waals surface area contributed by atoms with E-state index in [0.29, 0.717) is 12.3 Å². The van der Waals surface area contributed by atoms with Crippen LogP contribution in [0.15, 0.2) is 24.3 Å². The summed E-state index contributed by atoms with van der Waals surface area (Å²) in [6, 6.07) is 7.19. The Hall–Kier alpha value is -1.59. The number of nitrogens with one attached hydrogen (secondary N) is 2. The quantitative estimate of drug-likeness (QED) is 0.700. The van der Waals surface area contributed by atoms with E-state index < -0.39 is 11.7 Å². The first-order chi connectivity index (χ1) is 8.71. The van der Waals surface area contributed by atoms with Crippen molar-refractivity contribution >= 4 is 11.7 Å². The van der Waals surface area contributed by atoms with Crippen molar-refractivity contribution in [2.45, 2.75) is 24.6 Å². The van der Waals surface area contributed by atoms with Crippen molar-refractivity contribution < 1.29 is 14.6 Å². The number of aromatic carboxylic acids is 1. The molecule has 2 atom stereocenters. The Morgan fingerprint density at radius 2 is 2.28 bits per heavy atom. The van der Waals surface area contributed by atoms with E-state index in [4.69, 9.17) is 9.84 Å². The van der Waals surface area contributed by atoms with E-state index >= 15 is 0 Å². The highest BCUT2D eigenvalue weighted by Gasteiger charge is 2.52. The number of anilines is 1. The van der Waals surface area contributed by atoms with Crippen molar-refractivity contribution in [2.24, 2.45) is 0 Å². The van der Waals surface area contributed by atoms with Crippen LogP contribution in [0, 0.1) is 0 Å². The molecule has 5 heteroatoms. The molecule has 1 aromatic carbocycles. The first-order valence-electron chi connectivity index (χ1n) is 6.19. The average Bonchev–Trinajstić information content (AvgIpc) is 2.93. The van der Waals surface area contributed by atoms with Crippen LogP contribution in [0.5, 0.6) is 0 Å². The van der Waals surface area contributed by atoms with Crippen molar-refractivity contribution in [3.8, 4) is 0 Å². The molecule has 0 saturated carbocycles. The highest BCUT2D eigenvalue weighted by molar-refractivity contribution is 5.94. The fourth-order valence-corrected chi connectivity index (χ4v) is 2.53. The lowest BCUT2D eigenvalue weighted by molar-refractivity contribution is 0.0698. The van der Waals surface area contributed by atoms with Gasteiger partial charge in [0, 0.05) is 0 Å². The van der Waals surface area contributed by atoms with Gasteiger partial charge in [-0.1, -0.05) is 12.1 Å². The second-order valence-corrected chi connectivity index (χ2v) is 4.80. The normalized spacial score (nSPS) is 30.1. The number of carboxylic acid groups (broad SMARTS) is 1. The molecule has 2 saturated heterocycles. The molecule has 0 radical (unpaired) electrons. The van der Waals surface area contributed by atoms with Crippen molar-refractivity contribution in [3.63, 3.8) is 0 Å². The van der Waals surface area contributed by atoms with Crippen LogP contribution < -0.4 is 10.6 Å². The number of ether oxygens (including phenoxy) is 1. The number of benzene rings is 1. The molecule has 3 N–H and O–H groups in total. The standard InChI is InChI=1S/C13H16N2O3/c16-12(17)9-4-1-2-5-10(9)15-13(8-18-13)11-6-3-7-14-11/h1-2,4-5,11,14-15H,3,6-8H2,(H,16,17). The topological polar surface area (TPSA) is 73.9 Å². The Morgan fingerprint density at radius 3 is 2.89 bits per heavy atom. The van der Waals surface area contributed by atoms with Gasteiger partial charge in [0.1, 0.15) is 0 Å². The number of carboxylic acids is 1. The van der Waals surface area contributed by atoms with E-state index in [-0.39, 0.29) is 11.6 Å². The Labute approximate surface area is 105 Å². The molecule has 0 spiro atoms. The van der Waals surface area contributed by atoms with E-state index in [1.165, 1.54) is 0 Å². The zero-order valence-corrected chi connectivity index (χ0v) is 9.98. The summed E-state index contributed by atoms with van der Waals surface area (Å²) in [6.07, 6.45) is 2.19. The number of hydrogen-bond donors (Lipinski definition) is 3. The lowest BCUT2D eigenvalue weighted by Crippen LogP contribution is -2.44. The van der Waals surface area contributed by atoms with Crippen LogP contribution in [-0.2, 0) is 4.74 Å². The third-order valence-corrected chi connectivity index (χ3v) is 3.58. The van der Waals surface area contributed by atoms with Gasteiger partial charge < -0.3 is 20.5 Å². The molecule has 0 aliphatic carbocycles. The van der Waals surface area contributed by atoms with Gasteiger partial charge in [-0.15, -0.1) is 0 Å². The molecule has 2 unspecified atom stereocenters. The maximum absolute atomic E-state index is 11.2. The van der Waals surface area contributed by atoms with Crippen molar-refractivity contribution in [1.82, 2.24) is 5.32 Å². The molecule has 2 fully saturated rings.